The standard InChI is InChI=1S/C20H20F6N4O/c1-10-27-16-14(17(31)28-10)13(9-19(21,22)23)29-30(16)15(18(2,3)4)11-5-7-12(8-6-11)20(24,25)26/h5-8,15H,9H2,1-4H3,(H,27,28,31)/t15-/m1/s1. The number of nitrogens with zero attached hydrogens (tertiary/aromatic N) is 3. The maximum atomic E-state index is 13.1. The van der Waals surface area contributed by atoms with Crippen LogP contribution in [-0.4, -0.2) is 25.9 Å². The molecule has 0 radical (unpaired) electrons. The second-order valence-corrected chi connectivity index (χ2v) is 8.42. The molecule has 0 aliphatic carbocycles. The van der Waals surface area contributed by atoms with E-state index in [9.17, 15) is 31.1 Å². The molecule has 31 heavy (non-hydrogen) atoms. The molecule has 2 heterocycles. The number of aromatic amines is 1. The Kier molecular flexibility index (Phi) is 5.44. The largest absolute Gasteiger partial charge is 0.416 e. The van der Waals surface area contributed by atoms with E-state index in [-0.39, 0.29) is 16.9 Å². The summed E-state index contributed by atoms with van der Waals surface area (Å²) in [7, 11) is 0. The number of H-pyrrole nitrogens is 1. The van der Waals surface area contributed by atoms with Crippen molar-refractivity contribution in [2.45, 2.75) is 52.5 Å². The predicted molar refractivity (Wildman–Crippen MR) is 102 cm³/mol. The fourth-order valence-electron chi connectivity index (χ4n) is 3.58. The smallest absolute Gasteiger partial charge is 0.310 e. The Balaban J connectivity index is 2.28. The van der Waals surface area contributed by atoms with E-state index in [4.69, 9.17) is 0 Å². The molecular formula is C20H20F6N4O. The predicted octanol–water partition coefficient (Wildman–Crippen LogP) is 5.19. The van der Waals surface area contributed by atoms with Crippen LogP contribution < -0.4 is 5.56 Å². The Morgan fingerprint density at radius 3 is 2.10 bits per heavy atom. The number of rotatable bonds is 3. The second-order valence-electron chi connectivity index (χ2n) is 8.42. The van der Waals surface area contributed by atoms with E-state index >= 15 is 0 Å². The summed E-state index contributed by atoms with van der Waals surface area (Å²) in [4.78, 5) is 19.0. The van der Waals surface area contributed by atoms with Gasteiger partial charge in [-0.2, -0.15) is 31.4 Å². The number of hydrogen-bond acceptors (Lipinski definition) is 3. The number of nitrogens with one attached hydrogen (secondary N) is 1. The maximum absolute atomic E-state index is 13.1. The van der Waals surface area contributed by atoms with Crippen molar-refractivity contribution in [3.05, 3.63) is 57.3 Å². The number of alkyl halides is 6. The van der Waals surface area contributed by atoms with Crippen LogP contribution in [0.25, 0.3) is 11.0 Å². The third kappa shape index (κ3) is 4.75. The van der Waals surface area contributed by atoms with Crippen LogP contribution in [-0.2, 0) is 12.6 Å². The number of aryl methyl sites for hydroxylation is 1. The lowest BCUT2D eigenvalue weighted by atomic mass is 9.82. The molecule has 0 aliphatic heterocycles. The number of hydrogen-bond donors (Lipinski definition) is 1. The first-order valence-corrected chi connectivity index (χ1v) is 9.30. The average Bonchev–Trinajstić information content (AvgIpc) is 2.89. The molecule has 1 atom stereocenters. The molecule has 0 amide bonds. The lowest BCUT2D eigenvalue weighted by Crippen LogP contribution is -2.27. The third-order valence-electron chi connectivity index (χ3n) is 4.74. The van der Waals surface area contributed by atoms with E-state index in [0.717, 1.165) is 12.1 Å². The summed E-state index contributed by atoms with van der Waals surface area (Å²) in [6.45, 7) is 6.79. The van der Waals surface area contributed by atoms with Gasteiger partial charge < -0.3 is 4.98 Å². The Labute approximate surface area is 173 Å². The van der Waals surface area contributed by atoms with Crippen LogP contribution in [0.4, 0.5) is 26.3 Å². The van der Waals surface area contributed by atoms with Gasteiger partial charge >= 0.3 is 12.4 Å². The number of benzene rings is 1. The molecule has 0 saturated heterocycles. The van der Waals surface area contributed by atoms with Crippen molar-refractivity contribution < 1.29 is 26.3 Å². The van der Waals surface area contributed by atoms with Crippen molar-refractivity contribution in [2.75, 3.05) is 0 Å². The highest BCUT2D eigenvalue weighted by atomic mass is 19.4. The van der Waals surface area contributed by atoms with Crippen LogP contribution in [0.3, 0.4) is 0 Å². The minimum Gasteiger partial charge on any atom is -0.310 e. The van der Waals surface area contributed by atoms with Gasteiger partial charge in [0.2, 0.25) is 0 Å². The monoisotopic (exact) mass is 446 g/mol. The van der Waals surface area contributed by atoms with Crippen LogP contribution in [0, 0.1) is 12.3 Å². The zero-order chi connectivity index (χ0) is 23.4. The molecule has 1 aromatic carbocycles. The molecule has 0 unspecified atom stereocenters. The minimum absolute atomic E-state index is 0.0553. The highest BCUT2D eigenvalue weighted by Gasteiger charge is 2.36. The Hall–Kier alpha value is -2.85. The first-order valence-electron chi connectivity index (χ1n) is 9.30. The molecule has 11 heteroatoms. The van der Waals surface area contributed by atoms with Gasteiger partial charge in [0.25, 0.3) is 5.56 Å². The van der Waals surface area contributed by atoms with Crippen molar-refractivity contribution in [2.24, 2.45) is 5.41 Å². The summed E-state index contributed by atoms with van der Waals surface area (Å²) >= 11 is 0. The molecule has 3 rings (SSSR count). The summed E-state index contributed by atoms with van der Waals surface area (Å²) in [5.41, 5.74) is -2.45. The van der Waals surface area contributed by atoms with Crippen LogP contribution in [0.5, 0.6) is 0 Å². The van der Waals surface area contributed by atoms with E-state index in [2.05, 4.69) is 15.1 Å². The molecule has 168 valence electrons. The molecule has 2 aromatic heterocycles. The topological polar surface area (TPSA) is 63.6 Å². The number of halogens is 6. The molecule has 0 bridgehead atoms. The van der Waals surface area contributed by atoms with Gasteiger partial charge in [-0.15, -0.1) is 0 Å². The van der Waals surface area contributed by atoms with Crippen LogP contribution >= 0.6 is 0 Å². The van der Waals surface area contributed by atoms with Crippen molar-refractivity contribution in [3.8, 4) is 0 Å². The molecule has 0 spiro atoms. The van der Waals surface area contributed by atoms with E-state index in [1.54, 1.807) is 20.8 Å². The highest BCUT2D eigenvalue weighted by molar-refractivity contribution is 5.77. The van der Waals surface area contributed by atoms with E-state index < -0.39 is 47.0 Å². The summed E-state index contributed by atoms with van der Waals surface area (Å²) in [5, 5.41) is 3.80. The normalized spacial score (nSPS) is 14.3. The lowest BCUT2D eigenvalue weighted by Gasteiger charge is -2.32. The van der Waals surface area contributed by atoms with Crippen molar-refractivity contribution in [3.63, 3.8) is 0 Å². The van der Waals surface area contributed by atoms with Gasteiger partial charge in [0.15, 0.2) is 5.65 Å². The van der Waals surface area contributed by atoms with E-state index in [1.807, 2.05) is 0 Å². The average molecular weight is 446 g/mol. The SMILES string of the molecule is Cc1nc2c(c(CC(F)(F)F)nn2[C@H](c2ccc(C(F)(F)F)cc2)C(C)(C)C)c(=O)[nH]1. The maximum Gasteiger partial charge on any atom is 0.416 e. The quantitative estimate of drug-likeness (QED) is 0.564. The number of fused-ring (bicyclic) bond motifs is 1. The molecule has 3 aromatic rings. The summed E-state index contributed by atoms with van der Waals surface area (Å²) in [6.07, 6.45) is -10.6. The Morgan fingerprint density at radius 2 is 1.61 bits per heavy atom. The summed E-state index contributed by atoms with van der Waals surface area (Å²) < 4.78 is 79.4. The zero-order valence-corrected chi connectivity index (χ0v) is 17.1. The second kappa shape index (κ2) is 7.38. The van der Waals surface area contributed by atoms with Crippen LogP contribution in [0.2, 0.25) is 0 Å². The van der Waals surface area contributed by atoms with Crippen molar-refractivity contribution in [1.82, 2.24) is 19.7 Å². The molecule has 0 saturated carbocycles. The first kappa shape index (κ1) is 22.8. The van der Waals surface area contributed by atoms with Gasteiger partial charge in [0, 0.05) is 0 Å². The van der Waals surface area contributed by atoms with Crippen LogP contribution in [0.1, 0.15) is 49.5 Å². The van der Waals surface area contributed by atoms with E-state index in [0.29, 0.717) is 5.56 Å². The minimum atomic E-state index is -4.62. The van der Waals surface area contributed by atoms with Gasteiger partial charge in [0.1, 0.15) is 11.2 Å². The highest BCUT2D eigenvalue weighted by Crippen LogP contribution is 2.39. The van der Waals surface area contributed by atoms with Crippen molar-refractivity contribution in [1.29, 1.82) is 0 Å². The van der Waals surface area contributed by atoms with Gasteiger partial charge in [-0.3, -0.25) is 4.79 Å². The Morgan fingerprint density at radius 1 is 1.03 bits per heavy atom. The molecule has 5 nitrogen and oxygen atoms in total. The van der Waals surface area contributed by atoms with Gasteiger partial charge in [-0.05, 0) is 30.0 Å². The Bertz CT molecular complexity index is 1150. The third-order valence-corrected chi connectivity index (χ3v) is 4.74. The zero-order valence-electron chi connectivity index (χ0n) is 17.1. The molecule has 1 N–H and O–H groups in total. The van der Waals surface area contributed by atoms with Crippen LogP contribution in [0.15, 0.2) is 29.1 Å². The summed E-state index contributed by atoms with van der Waals surface area (Å²) in [5.74, 6) is 0.178. The molecule has 0 fully saturated rings. The van der Waals surface area contributed by atoms with Crippen molar-refractivity contribution >= 4 is 11.0 Å². The lowest BCUT2D eigenvalue weighted by molar-refractivity contribution is -0.137. The van der Waals surface area contributed by atoms with Gasteiger partial charge in [-0.1, -0.05) is 32.9 Å². The molecule has 0 aliphatic rings. The summed E-state index contributed by atoms with van der Waals surface area (Å²) in [6, 6.07) is 3.54. The van der Waals surface area contributed by atoms with Gasteiger partial charge in [0.05, 0.1) is 23.7 Å². The fourth-order valence-corrected chi connectivity index (χ4v) is 3.58. The first-order chi connectivity index (χ1) is 14.1. The van der Waals surface area contributed by atoms with Gasteiger partial charge in [-0.25, -0.2) is 9.67 Å². The number of aromatic nitrogens is 4. The van der Waals surface area contributed by atoms with E-state index in [1.165, 1.54) is 23.7 Å². The fraction of sp³-hybridized carbons (Fsp3) is 0.450. The molecular weight excluding hydrogens is 426 g/mol.